The van der Waals surface area contributed by atoms with Gasteiger partial charge >= 0.3 is 11.4 Å². The summed E-state index contributed by atoms with van der Waals surface area (Å²) >= 11 is 0. The predicted octanol–water partition coefficient (Wildman–Crippen LogP) is 3.03. The van der Waals surface area contributed by atoms with Gasteiger partial charge in [-0.25, -0.2) is 23.9 Å². The highest BCUT2D eigenvalue weighted by Crippen LogP contribution is 2.45. The fourth-order valence-corrected chi connectivity index (χ4v) is 4.11. The molecule has 1 aliphatic carbocycles. The van der Waals surface area contributed by atoms with Crippen molar-refractivity contribution in [3.8, 4) is 0 Å². The van der Waals surface area contributed by atoms with Crippen molar-refractivity contribution >= 4 is 5.78 Å². The highest BCUT2D eigenvalue weighted by Gasteiger charge is 2.40. The summed E-state index contributed by atoms with van der Waals surface area (Å²) in [6.07, 6.45) is 3.87. The van der Waals surface area contributed by atoms with E-state index in [0.29, 0.717) is 5.56 Å². The molecule has 1 aliphatic rings. The molecule has 3 aromatic rings. The zero-order valence-electron chi connectivity index (χ0n) is 16.6. The van der Waals surface area contributed by atoms with Gasteiger partial charge in [-0.15, -0.1) is 0 Å². The lowest BCUT2D eigenvalue weighted by Crippen LogP contribution is -2.35. The van der Waals surface area contributed by atoms with Gasteiger partial charge in [0.05, 0.1) is 6.04 Å². The van der Waals surface area contributed by atoms with Crippen LogP contribution >= 0.6 is 0 Å². The first-order valence-corrected chi connectivity index (χ1v) is 9.57. The van der Waals surface area contributed by atoms with Crippen LogP contribution in [0.4, 0.5) is 0 Å². The van der Waals surface area contributed by atoms with E-state index in [0.717, 1.165) is 15.7 Å². The second-order valence-corrected chi connectivity index (χ2v) is 7.98. The quantitative estimate of drug-likeness (QED) is 0.550. The zero-order chi connectivity index (χ0) is 20.8. The summed E-state index contributed by atoms with van der Waals surface area (Å²) in [6.45, 7) is 3.90. The highest BCUT2D eigenvalue weighted by atomic mass is 16.2. The molecule has 0 fully saturated rings. The molecule has 148 valence electrons. The van der Waals surface area contributed by atoms with Gasteiger partial charge in [0.1, 0.15) is 0 Å². The third-order valence-corrected chi connectivity index (χ3v) is 5.83. The smallest absolute Gasteiger partial charge is 0.294 e. The molecule has 0 unspecified atom stereocenters. The van der Waals surface area contributed by atoms with E-state index in [1.54, 1.807) is 0 Å². The number of carbonyl (C=O) groups is 1. The number of benzene rings is 2. The van der Waals surface area contributed by atoms with E-state index in [1.165, 1.54) is 11.7 Å². The molecule has 0 bridgehead atoms. The second-order valence-electron chi connectivity index (χ2n) is 7.98. The maximum absolute atomic E-state index is 13.3. The minimum absolute atomic E-state index is 0.0614. The molecule has 1 N–H and O–H groups in total. The standard InChI is InChI=1S/C23H23N3O3/c1-23(2,20(27)15-9-5-4-6-10-15)18-13-14-19(17-12-8-7-11-16(17)18)26-22(29)25(3)21(28)24-26/h4-14,18-19H,1-3H3,(H,24,28)/t18-,19+/m0/s1. The van der Waals surface area contributed by atoms with Crippen LogP contribution in [0.1, 0.15) is 47.3 Å². The van der Waals surface area contributed by atoms with Gasteiger partial charge in [0.2, 0.25) is 0 Å². The van der Waals surface area contributed by atoms with Crippen LogP contribution in [0.5, 0.6) is 0 Å². The average Bonchev–Trinajstić information content (AvgIpc) is 3.00. The zero-order valence-corrected chi connectivity index (χ0v) is 16.6. The molecular formula is C23H23N3O3. The number of aromatic nitrogens is 3. The molecule has 6 nitrogen and oxygen atoms in total. The number of aromatic amines is 1. The van der Waals surface area contributed by atoms with Crippen molar-refractivity contribution in [2.24, 2.45) is 12.5 Å². The monoisotopic (exact) mass is 389 g/mol. The Morgan fingerprint density at radius 1 is 0.931 bits per heavy atom. The highest BCUT2D eigenvalue weighted by molar-refractivity contribution is 6.01. The van der Waals surface area contributed by atoms with Crippen molar-refractivity contribution in [3.63, 3.8) is 0 Å². The Labute approximate surface area is 168 Å². The number of hydrogen-bond acceptors (Lipinski definition) is 3. The van der Waals surface area contributed by atoms with Gasteiger partial charge in [0.25, 0.3) is 0 Å². The van der Waals surface area contributed by atoms with Gasteiger partial charge in [0.15, 0.2) is 5.78 Å². The Hall–Kier alpha value is -3.41. The van der Waals surface area contributed by atoms with E-state index in [2.05, 4.69) is 5.10 Å². The van der Waals surface area contributed by atoms with E-state index in [9.17, 15) is 14.4 Å². The molecule has 0 radical (unpaired) electrons. The van der Waals surface area contributed by atoms with E-state index in [1.807, 2.05) is 80.6 Å². The van der Waals surface area contributed by atoms with E-state index in [-0.39, 0.29) is 11.7 Å². The second kappa shape index (κ2) is 6.88. The average molecular weight is 389 g/mol. The fourth-order valence-electron chi connectivity index (χ4n) is 4.11. The largest absolute Gasteiger partial charge is 0.347 e. The van der Waals surface area contributed by atoms with Crippen molar-refractivity contribution in [1.82, 2.24) is 14.3 Å². The normalized spacial score (nSPS) is 18.4. The molecule has 4 rings (SSSR count). The van der Waals surface area contributed by atoms with Crippen molar-refractivity contribution in [3.05, 3.63) is 104 Å². The van der Waals surface area contributed by atoms with Crippen LogP contribution in [-0.2, 0) is 7.05 Å². The number of fused-ring (bicyclic) bond motifs is 1. The molecule has 6 heteroatoms. The molecule has 0 spiro atoms. The van der Waals surface area contributed by atoms with Gasteiger partial charge < -0.3 is 0 Å². The molecule has 2 atom stereocenters. The molecule has 29 heavy (non-hydrogen) atoms. The Morgan fingerprint density at radius 2 is 1.55 bits per heavy atom. The number of nitrogens with one attached hydrogen (secondary N) is 1. The van der Waals surface area contributed by atoms with Gasteiger partial charge in [-0.05, 0) is 11.1 Å². The first kappa shape index (κ1) is 18.9. The minimum atomic E-state index is -0.687. The maximum Gasteiger partial charge on any atom is 0.347 e. The number of H-pyrrole nitrogens is 1. The number of nitrogens with zero attached hydrogens (tertiary/aromatic N) is 2. The first-order chi connectivity index (χ1) is 13.8. The van der Waals surface area contributed by atoms with Crippen molar-refractivity contribution < 1.29 is 4.79 Å². The van der Waals surface area contributed by atoms with Crippen LogP contribution < -0.4 is 11.4 Å². The van der Waals surface area contributed by atoms with Crippen molar-refractivity contribution in [1.29, 1.82) is 0 Å². The molecule has 2 aromatic carbocycles. The maximum atomic E-state index is 13.3. The number of rotatable bonds is 4. The molecule has 0 saturated heterocycles. The molecule has 0 saturated carbocycles. The van der Waals surface area contributed by atoms with Crippen LogP contribution in [0.3, 0.4) is 0 Å². The van der Waals surface area contributed by atoms with Crippen LogP contribution in [-0.4, -0.2) is 20.1 Å². The number of ketones is 1. The van der Waals surface area contributed by atoms with Gasteiger partial charge in [-0.3, -0.25) is 4.79 Å². The van der Waals surface area contributed by atoms with Crippen molar-refractivity contribution in [2.75, 3.05) is 0 Å². The van der Waals surface area contributed by atoms with Gasteiger partial charge in [0, 0.05) is 23.9 Å². The van der Waals surface area contributed by atoms with Gasteiger partial charge in [-0.2, -0.15) is 0 Å². The topological polar surface area (TPSA) is 76.9 Å². The summed E-state index contributed by atoms with van der Waals surface area (Å²) in [7, 11) is 1.44. The number of allylic oxidation sites excluding steroid dienone is 2. The Kier molecular flexibility index (Phi) is 4.49. The molecule has 0 aliphatic heterocycles. The fraction of sp³-hybridized carbons (Fsp3) is 0.261. The Bertz CT molecular complexity index is 1210. The Balaban J connectivity index is 1.80. The van der Waals surface area contributed by atoms with Crippen molar-refractivity contribution in [2.45, 2.75) is 25.8 Å². The third kappa shape index (κ3) is 3.01. The van der Waals surface area contributed by atoms with E-state index in [4.69, 9.17) is 0 Å². The summed E-state index contributed by atoms with van der Waals surface area (Å²) in [5.41, 5.74) is 1.01. The lowest BCUT2D eigenvalue weighted by Gasteiger charge is -2.36. The predicted molar refractivity (Wildman–Crippen MR) is 111 cm³/mol. The summed E-state index contributed by atoms with van der Waals surface area (Å²) in [5.74, 6) is -0.0971. The summed E-state index contributed by atoms with van der Waals surface area (Å²) < 4.78 is 2.38. The minimum Gasteiger partial charge on any atom is -0.294 e. The van der Waals surface area contributed by atoms with Crippen LogP contribution in [0, 0.1) is 5.41 Å². The van der Waals surface area contributed by atoms with E-state index < -0.39 is 22.8 Å². The summed E-state index contributed by atoms with van der Waals surface area (Å²) in [5, 5.41) is 2.62. The molecule has 1 aromatic heterocycles. The summed E-state index contributed by atoms with van der Waals surface area (Å²) in [4.78, 5) is 37.7. The number of hydrogen-bond donors (Lipinski definition) is 1. The van der Waals surface area contributed by atoms with Crippen LogP contribution in [0.25, 0.3) is 0 Å². The first-order valence-electron chi connectivity index (χ1n) is 9.57. The Morgan fingerprint density at radius 3 is 2.17 bits per heavy atom. The van der Waals surface area contributed by atoms with Crippen LogP contribution in [0.15, 0.2) is 76.3 Å². The molecule has 1 heterocycles. The number of Topliss-reactive ketones (excluding diaryl/α,β-unsaturated/α-hetero) is 1. The van der Waals surface area contributed by atoms with E-state index >= 15 is 0 Å². The molecular weight excluding hydrogens is 366 g/mol. The SMILES string of the molecule is Cn1c(=O)[nH]n([C@@H]2C=C[C@H](C(C)(C)C(=O)c3ccccc3)c3ccccc32)c1=O. The van der Waals surface area contributed by atoms with Gasteiger partial charge in [-0.1, -0.05) is 80.6 Å². The number of carbonyl (C=O) groups excluding carboxylic acids is 1. The third-order valence-electron chi connectivity index (χ3n) is 5.83. The lowest BCUT2D eigenvalue weighted by molar-refractivity contribution is 0.0818. The lowest BCUT2D eigenvalue weighted by atomic mass is 9.67. The summed E-state index contributed by atoms with van der Waals surface area (Å²) in [6, 6.07) is 16.6. The van der Waals surface area contributed by atoms with Crippen LogP contribution in [0.2, 0.25) is 0 Å². The molecule has 0 amide bonds.